The van der Waals surface area contributed by atoms with Crippen LogP contribution in [0.5, 0.6) is 0 Å². The number of carbonyl (C=O) groups excluding carboxylic acids is 1. The van der Waals surface area contributed by atoms with E-state index in [1.54, 1.807) is 0 Å². The lowest BCUT2D eigenvalue weighted by molar-refractivity contribution is 0.0275. The predicted octanol–water partition coefficient (Wildman–Crippen LogP) is 5.70. The van der Waals surface area contributed by atoms with Gasteiger partial charge in [0.2, 0.25) is 0 Å². The molecule has 0 radical (unpaired) electrons. The summed E-state index contributed by atoms with van der Waals surface area (Å²) < 4.78 is 0. The maximum atomic E-state index is 13.1. The Morgan fingerprint density at radius 1 is 0.968 bits per heavy atom. The molecule has 0 saturated carbocycles. The minimum atomic E-state index is 0.0345. The third kappa shape index (κ3) is 4.19. The summed E-state index contributed by atoms with van der Waals surface area (Å²) >= 11 is 0. The van der Waals surface area contributed by atoms with Crippen LogP contribution in [0.1, 0.15) is 49.1 Å². The second kappa shape index (κ2) is 8.75. The minimum absolute atomic E-state index is 0.0345. The van der Waals surface area contributed by atoms with Crippen molar-refractivity contribution in [3.05, 3.63) is 65.9 Å². The summed E-state index contributed by atoms with van der Waals surface area (Å²) in [7, 11) is 0. The summed E-state index contributed by atoms with van der Waals surface area (Å²) in [6.07, 6.45) is 8.05. The number of carbonyl (C=O) groups is 1. The molecule has 5 rings (SSSR count). The molecule has 3 heterocycles. The maximum absolute atomic E-state index is 13.1. The number of H-pyrrole nitrogens is 1. The van der Waals surface area contributed by atoms with E-state index in [1.165, 1.54) is 28.5 Å². The quantitative estimate of drug-likeness (QED) is 0.575. The van der Waals surface area contributed by atoms with Crippen molar-refractivity contribution in [1.82, 2.24) is 14.8 Å². The largest absolute Gasteiger partial charge is 0.361 e. The number of rotatable bonds is 3. The summed E-state index contributed by atoms with van der Waals surface area (Å²) in [5.74, 6) is 0.589. The number of aromatic amines is 1. The molecule has 2 aromatic carbocycles. The Hall–Kier alpha value is -2.79. The van der Waals surface area contributed by atoms with Gasteiger partial charge in [-0.3, -0.25) is 4.90 Å². The summed E-state index contributed by atoms with van der Waals surface area (Å²) in [4.78, 5) is 21.1. The Balaban J connectivity index is 1.25. The molecular formula is C26H32N4O. The Bertz CT molecular complexity index is 1030. The normalized spacial score (nSPS) is 20.8. The highest BCUT2D eigenvalue weighted by atomic mass is 16.2. The van der Waals surface area contributed by atoms with Gasteiger partial charge in [-0.15, -0.1) is 0 Å². The predicted molar refractivity (Wildman–Crippen MR) is 126 cm³/mol. The average Bonchev–Trinajstić information content (AvgIpc) is 3.25. The maximum Gasteiger partial charge on any atom is 0.323 e. The van der Waals surface area contributed by atoms with Gasteiger partial charge in [-0.25, -0.2) is 4.79 Å². The van der Waals surface area contributed by atoms with Crippen LogP contribution in [0.4, 0.5) is 10.5 Å². The number of aromatic nitrogens is 1. The zero-order chi connectivity index (χ0) is 21.2. The Labute approximate surface area is 184 Å². The van der Waals surface area contributed by atoms with Gasteiger partial charge < -0.3 is 15.2 Å². The molecule has 31 heavy (non-hydrogen) atoms. The van der Waals surface area contributed by atoms with Gasteiger partial charge in [0, 0.05) is 42.4 Å². The van der Waals surface area contributed by atoms with Gasteiger partial charge in [-0.1, -0.05) is 35.9 Å². The highest BCUT2D eigenvalue weighted by Gasteiger charge is 2.34. The number of likely N-dealkylation sites (tertiary alicyclic amines) is 2. The third-order valence-electron chi connectivity index (χ3n) is 7.05. The van der Waals surface area contributed by atoms with Crippen LogP contribution in [-0.2, 0) is 0 Å². The van der Waals surface area contributed by atoms with Gasteiger partial charge in [0.1, 0.15) is 0 Å². The molecule has 3 aromatic rings. The summed E-state index contributed by atoms with van der Waals surface area (Å²) in [6, 6.07) is 16.7. The monoisotopic (exact) mass is 416 g/mol. The minimum Gasteiger partial charge on any atom is -0.361 e. The average molecular weight is 417 g/mol. The van der Waals surface area contributed by atoms with Crippen molar-refractivity contribution < 1.29 is 4.79 Å². The van der Waals surface area contributed by atoms with Crippen LogP contribution in [0.15, 0.2) is 54.7 Å². The van der Waals surface area contributed by atoms with Crippen molar-refractivity contribution in [3.8, 4) is 0 Å². The van der Waals surface area contributed by atoms with Crippen molar-refractivity contribution in [2.45, 2.75) is 51.1 Å². The van der Waals surface area contributed by atoms with E-state index >= 15 is 0 Å². The van der Waals surface area contributed by atoms with Crippen LogP contribution in [0.2, 0.25) is 0 Å². The van der Waals surface area contributed by atoms with Gasteiger partial charge in [0.05, 0.1) is 6.17 Å². The summed E-state index contributed by atoms with van der Waals surface area (Å²) in [5, 5.41) is 4.47. The molecular weight excluding hydrogens is 384 g/mol. The van der Waals surface area contributed by atoms with Crippen molar-refractivity contribution in [2.75, 3.05) is 25.0 Å². The van der Waals surface area contributed by atoms with Crippen molar-refractivity contribution in [1.29, 1.82) is 0 Å². The first kappa shape index (κ1) is 20.1. The molecule has 5 heteroatoms. The van der Waals surface area contributed by atoms with E-state index in [0.29, 0.717) is 5.92 Å². The fourth-order valence-electron chi connectivity index (χ4n) is 5.30. The van der Waals surface area contributed by atoms with E-state index in [4.69, 9.17) is 0 Å². The molecule has 1 unspecified atom stereocenters. The van der Waals surface area contributed by atoms with Crippen LogP contribution in [0.3, 0.4) is 0 Å². The molecule has 162 valence electrons. The topological polar surface area (TPSA) is 51.4 Å². The van der Waals surface area contributed by atoms with E-state index < -0.39 is 0 Å². The van der Waals surface area contributed by atoms with Crippen molar-refractivity contribution in [3.63, 3.8) is 0 Å². The number of fused-ring (bicyclic) bond motifs is 1. The van der Waals surface area contributed by atoms with Gasteiger partial charge >= 0.3 is 6.03 Å². The second-order valence-corrected chi connectivity index (χ2v) is 9.07. The molecule has 2 fully saturated rings. The van der Waals surface area contributed by atoms with E-state index in [2.05, 4.69) is 57.5 Å². The third-order valence-corrected chi connectivity index (χ3v) is 7.05. The Morgan fingerprint density at radius 3 is 2.55 bits per heavy atom. The summed E-state index contributed by atoms with van der Waals surface area (Å²) in [5.41, 5.74) is 4.75. The molecule has 2 aliphatic heterocycles. The molecule has 2 aliphatic rings. The zero-order valence-corrected chi connectivity index (χ0v) is 18.3. The number of amides is 2. The second-order valence-electron chi connectivity index (χ2n) is 9.07. The number of anilines is 1. The number of aryl methyl sites for hydroxylation is 1. The first-order chi connectivity index (χ1) is 15.2. The number of nitrogens with one attached hydrogen (secondary N) is 2. The molecule has 0 spiro atoms. The molecule has 2 saturated heterocycles. The van der Waals surface area contributed by atoms with Gasteiger partial charge in [0.15, 0.2) is 0 Å². The van der Waals surface area contributed by atoms with Crippen LogP contribution in [0.25, 0.3) is 10.9 Å². The number of benzene rings is 2. The fourth-order valence-corrected chi connectivity index (χ4v) is 5.30. The first-order valence-corrected chi connectivity index (χ1v) is 11.6. The van der Waals surface area contributed by atoms with Crippen LogP contribution >= 0.6 is 0 Å². The Morgan fingerprint density at radius 2 is 1.74 bits per heavy atom. The lowest BCUT2D eigenvalue weighted by atomic mass is 9.88. The number of nitrogens with zero attached hydrogens (tertiary/aromatic N) is 2. The number of hydrogen-bond acceptors (Lipinski definition) is 2. The molecule has 2 amide bonds. The molecule has 1 atom stereocenters. The van der Waals surface area contributed by atoms with Crippen molar-refractivity contribution in [2.24, 2.45) is 0 Å². The molecule has 0 bridgehead atoms. The van der Waals surface area contributed by atoms with E-state index in [0.717, 1.165) is 51.0 Å². The summed E-state index contributed by atoms with van der Waals surface area (Å²) in [6.45, 7) is 4.99. The lowest BCUT2D eigenvalue weighted by Gasteiger charge is -2.45. The lowest BCUT2D eigenvalue weighted by Crippen LogP contribution is -2.56. The van der Waals surface area contributed by atoms with Crippen LogP contribution < -0.4 is 5.32 Å². The van der Waals surface area contributed by atoms with Gasteiger partial charge in [0.25, 0.3) is 0 Å². The van der Waals surface area contributed by atoms with E-state index in [1.807, 2.05) is 24.3 Å². The van der Waals surface area contributed by atoms with Gasteiger partial charge in [-0.05, 0) is 68.7 Å². The van der Waals surface area contributed by atoms with Crippen molar-refractivity contribution >= 4 is 22.6 Å². The standard InChI is InChI=1S/C26H32N4O/c1-19-9-11-21(12-10-19)28-26(31)30-15-5-4-8-25(30)29-16-13-20(14-17-29)23-18-27-24-7-3-2-6-22(23)24/h2-3,6-7,9-12,18,20,25,27H,4-5,8,13-17H2,1H3,(H,28,31). The fraction of sp³-hybridized carbons (Fsp3) is 0.423. The molecule has 2 N–H and O–H groups in total. The zero-order valence-electron chi connectivity index (χ0n) is 18.3. The van der Waals surface area contributed by atoms with Gasteiger partial charge in [-0.2, -0.15) is 0 Å². The van der Waals surface area contributed by atoms with E-state index in [9.17, 15) is 4.79 Å². The number of urea groups is 1. The number of para-hydroxylation sites is 1. The highest BCUT2D eigenvalue weighted by molar-refractivity contribution is 5.89. The van der Waals surface area contributed by atoms with Crippen LogP contribution in [-0.4, -0.2) is 46.6 Å². The Kier molecular flexibility index (Phi) is 5.68. The SMILES string of the molecule is Cc1ccc(NC(=O)N2CCCCC2N2CCC(c3c[nH]c4ccccc34)CC2)cc1. The van der Waals surface area contributed by atoms with E-state index in [-0.39, 0.29) is 12.2 Å². The highest BCUT2D eigenvalue weighted by Crippen LogP contribution is 2.35. The number of piperidine rings is 2. The number of hydrogen-bond donors (Lipinski definition) is 2. The smallest absolute Gasteiger partial charge is 0.323 e. The molecule has 5 nitrogen and oxygen atoms in total. The van der Waals surface area contributed by atoms with Crippen LogP contribution in [0, 0.1) is 6.92 Å². The molecule has 1 aromatic heterocycles. The molecule has 0 aliphatic carbocycles. The first-order valence-electron chi connectivity index (χ1n) is 11.6.